The van der Waals surface area contributed by atoms with E-state index in [4.69, 9.17) is 12.6 Å². The summed E-state index contributed by atoms with van der Waals surface area (Å²) in [7, 11) is 1.89. The third-order valence-electron chi connectivity index (χ3n) is 5.69. The number of nitrogens with zero attached hydrogens (tertiary/aromatic N) is 5. The molecule has 11 heteroatoms. The van der Waals surface area contributed by atoms with Gasteiger partial charge in [-0.1, -0.05) is 6.92 Å². The molecule has 1 amide bonds. The smallest absolute Gasteiger partial charge is 0.347 e. The van der Waals surface area contributed by atoms with Crippen LogP contribution in [0.15, 0.2) is 18.6 Å². The SMILES string of the molecule is CCC(C)(S)n1ccc2c(N(C)N3CCC(C(=O)NCC(F)(F)F)CC3)ncnc21. The van der Waals surface area contributed by atoms with Crippen molar-refractivity contribution < 1.29 is 18.0 Å². The molecule has 2 aromatic heterocycles. The van der Waals surface area contributed by atoms with Crippen LogP contribution in [0.4, 0.5) is 19.0 Å². The van der Waals surface area contributed by atoms with E-state index in [1.54, 1.807) is 0 Å². The molecule has 1 fully saturated rings. The van der Waals surface area contributed by atoms with E-state index in [2.05, 4.69) is 16.9 Å². The van der Waals surface area contributed by atoms with Gasteiger partial charge in [0.2, 0.25) is 5.91 Å². The fourth-order valence-electron chi connectivity index (χ4n) is 3.65. The molecule has 1 aliphatic heterocycles. The average molecular weight is 445 g/mol. The van der Waals surface area contributed by atoms with Crippen molar-refractivity contribution in [3.8, 4) is 0 Å². The highest BCUT2D eigenvalue weighted by Crippen LogP contribution is 2.33. The molecule has 1 aliphatic rings. The van der Waals surface area contributed by atoms with Crippen molar-refractivity contribution in [3.63, 3.8) is 0 Å². The van der Waals surface area contributed by atoms with Gasteiger partial charge in [0.1, 0.15) is 18.5 Å². The largest absolute Gasteiger partial charge is 0.405 e. The number of alkyl halides is 3. The Kier molecular flexibility index (Phi) is 6.51. The number of hydrogen-bond acceptors (Lipinski definition) is 6. The van der Waals surface area contributed by atoms with Crippen LogP contribution in [0.3, 0.4) is 0 Å². The van der Waals surface area contributed by atoms with Gasteiger partial charge in [0, 0.05) is 32.3 Å². The van der Waals surface area contributed by atoms with Crippen molar-refractivity contribution >= 4 is 35.4 Å². The Labute approximate surface area is 179 Å². The van der Waals surface area contributed by atoms with Gasteiger partial charge in [0.25, 0.3) is 0 Å². The molecule has 0 bridgehead atoms. The normalized spacial score (nSPS) is 18.4. The highest BCUT2D eigenvalue weighted by Gasteiger charge is 2.32. The molecular weight excluding hydrogens is 417 g/mol. The second kappa shape index (κ2) is 8.62. The minimum Gasteiger partial charge on any atom is -0.347 e. The van der Waals surface area contributed by atoms with Crippen molar-refractivity contribution in [1.82, 2.24) is 24.9 Å². The molecule has 1 atom stereocenters. The Morgan fingerprint density at radius 3 is 2.60 bits per heavy atom. The standard InChI is InChI=1S/C19H27F3N6OS/c1-4-18(2,30)28-10-7-14-15(24-12-25-16(14)28)26(3)27-8-5-13(6-9-27)17(29)23-11-19(20,21)22/h7,10,12-13,30H,4-6,8-9,11H2,1-3H3,(H,23,29). The van der Waals surface area contributed by atoms with Crippen LogP contribution in [0.2, 0.25) is 0 Å². The van der Waals surface area contributed by atoms with Crippen LogP contribution >= 0.6 is 12.6 Å². The Morgan fingerprint density at radius 1 is 1.33 bits per heavy atom. The number of hydrogen-bond donors (Lipinski definition) is 2. The zero-order chi connectivity index (χ0) is 22.1. The van der Waals surface area contributed by atoms with E-state index < -0.39 is 24.5 Å². The number of aromatic nitrogens is 3. The number of nitrogens with one attached hydrogen (secondary N) is 1. The number of carbonyl (C=O) groups is 1. The minimum atomic E-state index is -4.40. The van der Waals surface area contributed by atoms with Gasteiger partial charge in [-0.05, 0) is 32.3 Å². The van der Waals surface area contributed by atoms with Crippen LogP contribution in [-0.2, 0) is 9.67 Å². The maximum Gasteiger partial charge on any atom is 0.405 e. The Balaban J connectivity index is 1.69. The zero-order valence-corrected chi connectivity index (χ0v) is 18.2. The van der Waals surface area contributed by atoms with Crippen molar-refractivity contribution in [2.75, 3.05) is 31.7 Å². The molecule has 30 heavy (non-hydrogen) atoms. The first kappa shape index (κ1) is 22.7. The maximum absolute atomic E-state index is 12.3. The van der Waals surface area contributed by atoms with E-state index in [9.17, 15) is 18.0 Å². The lowest BCUT2D eigenvalue weighted by atomic mass is 9.97. The summed E-state index contributed by atoms with van der Waals surface area (Å²) in [6.07, 6.45) is 0.846. The fourth-order valence-corrected chi connectivity index (χ4v) is 3.81. The van der Waals surface area contributed by atoms with Crippen LogP contribution in [0.1, 0.15) is 33.1 Å². The lowest BCUT2D eigenvalue weighted by Gasteiger charge is -2.38. The number of anilines is 1. The minimum absolute atomic E-state index is 0.381. The first-order valence-electron chi connectivity index (χ1n) is 9.91. The topological polar surface area (TPSA) is 66.3 Å². The van der Waals surface area contributed by atoms with Crippen molar-refractivity contribution in [2.45, 2.75) is 44.2 Å². The van der Waals surface area contributed by atoms with Gasteiger partial charge in [-0.3, -0.25) is 9.80 Å². The molecule has 3 heterocycles. The average Bonchev–Trinajstić information content (AvgIpc) is 3.16. The van der Waals surface area contributed by atoms with Gasteiger partial charge in [-0.25, -0.2) is 15.0 Å². The van der Waals surface area contributed by atoms with Crippen molar-refractivity contribution in [2.24, 2.45) is 5.92 Å². The summed E-state index contributed by atoms with van der Waals surface area (Å²) in [4.78, 5) is 20.5. The molecule has 0 aromatic carbocycles. The van der Waals surface area contributed by atoms with Crippen molar-refractivity contribution in [1.29, 1.82) is 0 Å². The van der Waals surface area contributed by atoms with E-state index in [0.717, 1.165) is 23.3 Å². The van der Waals surface area contributed by atoms with Gasteiger partial charge in [0.15, 0.2) is 5.82 Å². The molecule has 0 aliphatic carbocycles. The van der Waals surface area contributed by atoms with Gasteiger partial charge in [-0.2, -0.15) is 25.8 Å². The first-order chi connectivity index (χ1) is 14.0. The molecule has 2 aromatic rings. The summed E-state index contributed by atoms with van der Waals surface area (Å²) in [5.74, 6) is -0.222. The monoisotopic (exact) mass is 444 g/mol. The number of fused-ring (bicyclic) bond motifs is 1. The number of carbonyl (C=O) groups excluding carboxylic acids is 1. The maximum atomic E-state index is 12.3. The second-order valence-electron chi connectivity index (χ2n) is 7.78. The van der Waals surface area contributed by atoms with E-state index in [1.165, 1.54) is 6.33 Å². The van der Waals surface area contributed by atoms with E-state index in [-0.39, 0.29) is 4.87 Å². The van der Waals surface area contributed by atoms with E-state index >= 15 is 0 Å². The van der Waals surface area contributed by atoms with Crippen molar-refractivity contribution in [3.05, 3.63) is 18.6 Å². The number of piperidine rings is 1. The quantitative estimate of drug-likeness (QED) is 0.670. The van der Waals surface area contributed by atoms with Crippen LogP contribution in [0.25, 0.3) is 11.0 Å². The first-order valence-corrected chi connectivity index (χ1v) is 10.4. The van der Waals surface area contributed by atoms with Crippen LogP contribution < -0.4 is 10.3 Å². The summed E-state index contributed by atoms with van der Waals surface area (Å²) in [6, 6.07) is 1.96. The number of amides is 1. The molecule has 0 spiro atoms. The summed E-state index contributed by atoms with van der Waals surface area (Å²) < 4.78 is 39.0. The molecule has 166 valence electrons. The predicted molar refractivity (Wildman–Crippen MR) is 112 cm³/mol. The molecule has 1 unspecified atom stereocenters. The molecule has 3 rings (SSSR count). The second-order valence-corrected chi connectivity index (χ2v) is 8.74. The molecule has 1 N–H and O–H groups in total. The van der Waals surface area contributed by atoms with Gasteiger partial charge >= 0.3 is 6.18 Å². The highest BCUT2D eigenvalue weighted by atomic mass is 32.1. The number of thiol groups is 1. The number of rotatable bonds is 6. The molecular formula is C19H27F3N6OS. The van der Waals surface area contributed by atoms with E-state index in [0.29, 0.717) is 25.9 Å². The summed E-state index contributed by atoms with van der Waals surface area (Å²) in [6.45, 7) is 3.89. The molecule has 0 radical (unpaired) electrons. The molecule has 0 saturated carbocycles. The highest BCUT2D eigenvalue weighted by molar-refractivity contribution is 7.81. The van der Waals surface area contributed by atoms with E-state index in [1.807, 2.05) is 46.1 Å². The predicted octanol–water partition coefficient (Wildman–Crippen LogP) is 3.19. The number of halogens is 3. The third-order valence-corrected chi connectivity index (χ3v) is 6.22. The summed E-state index contributed by atoms with van der Waals surface area (Å²) >= 11 is 4.74. The Hall–Kier alpha value is -2.01. The summed E-state index contributed by atoms with van der Waals surface area (Å²) in [5, 5.41) is 6.85. The van der Waals surface area contributed by atoms with Crippen LogP contribution in [0.5, 0.6) is 0 Å². The summed E-state index contributed by atoms with van der Waals surface area (Å²) in [5.41, 5.74) is 0.785. The van der Waals surface area contributed by atoms with Crippen LogP contribution in [-0.4, -0.2) is 58.3 Å². The molecule has 1 saturated heterocycles. The Morgan fingerprint density at radius 2 is 2.00 bits per heavy atom. The Bertz CT molecular complexity index is 892. The lowest BCUT2D eigenvalue weighted by Crippen LogP contribution is -2.48. The van der Waals surface area contributed by atoms with Crippen LogP contribution in [0, 0.1) is 5.92 Å². The third kappa shape index (κ3) is 4.83. The van der Waals surface area contributed by atoms with Gasteiger partial charge < -0.3 is 9.88 Å². The fraction of sp³-hybridized carbons (Fsp3) is 0.632. The number of hydrazine groups is 1. The van der Waals surface area contributed by atoms with Gasteiger partial charge in [-0.15, -0.1) is 0 Å². The van der Waals surface area contributed by atoms with Gasteiger partial charge in [0.05, 0.1) is 10.3 Å². The molecule has 7 nitrogen and oxygen atoms in total. The zero-order valence-electron chi connectivity index (χ0n) is 17.3. The lowest BCUT2D eigenvalue weighted by molar-refractivity contribution is -0.141.